The van der Waals surface area contributed by atoms with E-state index in [-0.39, 0.29) is 16.8 Å². The zero-order valence-electron chi connectivity index (χ0n) is 9.07. The first-order valence-electron chi connectivity index (χ1n) is 4.62. The Kier molecular flexibility index (Phi) is 7.91. The minimum Gasteiger partial charge on any atom is -0.303 e. The predicted molar refractivity (Wildman–Crippen MR) is 75.6 cm³/mol. The number of alkyl halides is 3. The Balaban J connectivity index is 4.25. The molecule has 0 saturated heterocycles. The van der Waals surface area contributed by atoms with Gasteiger partial charge in [-0.1, -0.05) is 61.6 Å². The summed E-state index contributed by atoms with van der Waals surface area (Å²) < 4.78 is 15.2. The van der Waals surface area contributed by atoms with E-state index < -0.39 is 7.82 Å². The van der Waals surface area contributed by atoms with E-state index in [0.29, 0.717) is 4.83 Å². The third-order valence-corrected chi connectivity index (χ3v) is 6.51. The summed E-state index contributed by atoms with van der Waals surface area (Å²) in [5.74, 6) is 0. The van der Waals surface area contributed by atoms with Gasteiger partial charge in [0.2, 0.25) is 0 Å². The monoisotopic (exact) mass is 444 g/mol. The molecule has 0 bridgehead atoms. The lowest BCUT2D eigenvalue weighted by molar-refractivity contribution is 0.126. The topological polar surface area (TPSA) is 66.8 Å². The number of phosphoric acid groups is 1. The van der Waals surface area contributed by atoms with Gasteiger partial charge >= 0.3 is 7.82 Å². The maximum atomic E-state index is 10.6. The highest BCUT2D eigenvalue weighted by Gasteiger charge is 2.31. The Morgan fingerprint density at radius 2 is 1.88 bits per heavy atom. The van der Waals surface area contributed by atoms with Crippen molar-refractivity contribution in [2.75, 3.05) is 11.9 Å². The molecule has 98 valence electrons. The molecule has 16 heavy (non-hydrogen) atoms. The molecule has 0 amide bonds. The van der Waals surface area contributed by atoms with Gasteiger partial charge in [-0.05, 0) is 6.42 Å². The Morgan fingerprint density at radius 3 is 2.25 bits per heavy atom. The van der Waals surface area contributed by atoms with E-state index in [1.165, 1.54) is 0 Å². The number of hydrogen-bond acceptors (Lipinski definition) is 2. The van der Waals surface area contributed by atoms with Crippen LogP contribution in [-0.2, 0) is 9.09 Å². The molecule has 0 rings (SSSR count). The summed E-state index contributed by atoms with van der Waals surface area (Å²) >= 11 is 10.4. The molecular weight excluding hydrogens is 431 g/mol. The van der Waals surface area contributed by atoms with Gasteiger partial charge in [-0.3, -0.25) is 4.52 Å². The molecular formula is C8H16Br3O4P. The van der Waals surface area contributed by atoms with Gasteiger partial charge in [0.1, 0.15) is 0 Å². The van der Waals surface area contributed by atoms with Crippen molar-refractivity contribution in [3.05, 3.63) is 0 Å². The van der Waals surface area contributed by atoms with Crippen molar-refractivity contribution in [2.45, 2.75) is 29.9 Å². The third kappa shape index (κ3) is 7.80. The van der Waals surface area contributed by atoms with Gasteiger partial charge in [0.25, 0.3) is 0 Å². The zero-order chi connectivity index (χ0) is 13.0. The Morgan fingerprint density at radius 1 is 1.38 bits per heavy atom. The van der Waals surface area contributed by atoms with Gasteiger partial charge in [-0.25, -0.2) is 4.57 Å². The molecule has 0 fully saturated rings. The maximum absolute atomic E-state index is 10.6. The van der Waals surface area contributed by atoms with Gasteiger partial charge in [-0.2, -0.15) is 0 Å². The van der Waals surface area contributed by atoms with E-state index >= 15 is 0 Å². The van der Waals surface area contributed by atoms with E-state index in [2.05, 4.69) is 52.3 Å². The fraction of sp³-hybridized carbons (Fsp3) is 1.00. The Labute approximate surface area is 121 Å². The van der Waals surface area contributed by atoms with Crippen molar-refractivity contribution in [1.82, 2.24) is 0 Å². The number of phosphoric ester groups is 1. The molecule has 0 radical (unpaired) electrons. The molecule has 0 aromatic rings. The molecule has 0 aliphatic rings. The van der Waals surface area contributed by atoms with Crippen molar-refractivity contribution < 1.29 is 18.9 Å². The first-order chi connectivity index (χ1) is 7.08. The fourth-order valence-corrected chi connectivity index (χ4v) is 3.17. The van der Waals surface area contributed by atoms with Crippen molar-refractivity contribution in [3.63, 3.8) is 0 Å². The van der Waals surface area contributed by atoms with Crippen LogP contribution in [0.4, 0.5) is 0 Å². The van der Waals surface area contributed by atoms with Crippen LogP contribution in [0.5, 0.6) is 0 Å². The molecule has 8 heteroatoms. The normalized spacial score (nSPS) is 17.2. The van der Waals surface area contributed by atoms with Crippen LogP contribution in [-0.4, -0.2) is 31.4 Å². The van der Waals surface area contributed by atoms with Crippen LogP contribution in [0.25, 0.3) is 0 Å². The maximum Gasteiger partial charge on any atom is 0.469 e. The summed E-state index contributed by atoms with van der Waals surface area (Å²) in [4.78, 5) is 17.7. The zero-order valence-corrected chi connectivity index (χ0v) is 14.7. The predicted octanol–water partition coefficient (Wildman–Crippen LogP) is 3.43. The minimum absolute atomic E-state index is 0.00913. The van der Waals surface area contributed by atoms with Gasteiger partial charge in [0.15, 0.2) is 0 Å². The SMILES string of the molecule is CC(C)(COP(=O)(O)O)C(Br)CC(Br)CBr. The van der Waals surface area contributed by atoms with Crippen LogP contribution >= 0.6 is 55.6 Å². The second kappa shape index (κ2) is 7.22. The molecule has 0 aromatic heterocycles. The van der Waals surface area contributed by atoms with E-state index in [1.54, 1.807) is 0 Å². The highest BCUT2D eigenvalue weighted by molar-refractivity contribution is 9.12. The minimum atomic E-state index is -4.38. The van der Waals surface area contributed by atoms with Crippen LogP contribution in [0.3, 0.4) is 0 Å². The first-order valence-corrected chi connectivity index (χ1v) is 9.11. The van der Waals surface area contributed by atoms with Crippen LogP contribution in [0.1, 0.15) is 20.3 Å². The largest absolute Gasteiger partial charge is 0.469 e. The second-order valence-electron chi connectivity index (χ2n) is 4.21. The smallest absolute Gasteiger partial charge is 0.303 e. The van der Waals surface area contributed by atoms with Crippen molar-refractivity contribution in [2.24, 2.45) is 5.41 Å². The van der Waals surface area contributed by atoms with Gasteiger partial charge < -0.3 is 9.79 Å². The van der Waals surface area contributed by atoms with E-state index in [0.717, 1.165) is 11.8 Å². The lowest BCUT2D eigenvalue weighted by Gasteiger charge is -2.31. The Bertz CT molecular complexity index is 256. The molecule has 2 atom stereocenters. The van der Waals surface area contributed by atoms with Crippen LogP contribution in [0.2, 0.25) is 0 Å². The molecule has 4 nitrogen and oxygen atoms in total. The van der Waals surface area contributed by atoms with E-state index in [4.69, 9.17) is 9.79 Å². The molecule has 2 N–H and O–H groups in total. The number of hydrogen-bond donors (Lipinski definition) is 2. The van der Waals surface area contributed by atoms with E-state index in [9.17, 15) is 4.57 Å². The van der Waals surface area contributed by atoms with Gasteiger partial charge in [0.05, 0.1) is 6.61 Å². The van der Waals surface area contributed by atoms with Crippen molar-refractivity contribution in [1.29, 1.82) is 0 Å². The summed E-state index contributed by atoms with van der Waals surface area (Å²) in [6.07, 6.45) is 0.836. The van der Waals surface area contributed by atoms with Crippen LogP contribution in [0, 0.1) is 5.41 Å². The van der Waals surface area contributed by atoms with Crippen molar-refractivity contribution >= 4 is 55.6 Å². The highest BCUT2D eigenvalue weighted by atomic mass is 79.9. The van der Waals surface area contributed by atoms with Crippen molar-refractivity contribution in [3.8, 4) is 0 Å². The fourth-order valence-electron chi connectivity index (χ4n) is 0.947. The summed E-state index contributed by atoms with van der Waals surface area (Å²) in [7, 11) is -4.38. The average molecular weight is 447 g/mol. The third-order valence-electron chi connectivity index (χ3n) is 2.08. The summed E-state index contributed by atoms with van der Waals surface area (Å²) in [6.45, 7) is 3.81. The standard InChI is InChI=1S/C8H16Br3O4P/c1-8(2,5-15-16(12,13)14)7(11)3-6(10)4-9/h6-7H,3-5H2,1-2H3,(H2,12,13,14). The molecule has 0 spiro atoms. The quantitative estimate of drug-likeness (QED) is 0.464. The highest BCUT2D eigenvalue weighted by Crippen LogP contribution is 2.41. The number of rotatable bonds is 7. The molecule has 0 aromatic carbocycles. The Hall–Kier alpha value is 1.55. The molecule has 0 aliphatic carbocycles. The van der Waals surface area contributed by atoms with Crippen LogP contribution < -0.4 is 0 Å². The summed E-state index contributed by atoms with van der Waals surface area (Å²) in [6, 6.07) is 0. The summed E-state index contributed by atoms with van der Waals surface area (Å²) in [5, 5.41) is 0.824. The lowest BCUT2D eigenvalue weighted by Crippen LogP contribution is -2.31. The number of halogens is 3. The van der Waals surface area contributed by atoms with Gasteiger partial charge in [-0.15, -0.1) is 0 Å². The van der Waals surface area contributed by atoms with E-state index in [1.807, 2.05) is 13.8 Å². The average Bonchev–Trinajstić information content (AvgIpc) is 2.13. The molecule has 0 saturated carbocycles. The molecule has 0 heterocycles. The first kappa shape index (κ1) is 17.6. The van der Waals surface area contributed by atoms with Gasteiger partial charge in [0, 0.05) is 20.4 Å². The molecule has 0 aliphatic heterocycles. The molecule has 2 unspecified atom stereocenters. The second-order valence-corrected chi connectivity index (χ2v) is 8.49. The summed E-state index contributed by atoms with van der Waals surface area (Å²) in [5.41, 5.74) is -0.352. The lowest BCUT2D eigenvalue weighted by atomic mass is 9.88. The van der Waals surface area contributed by atoms with Crippen LogP contribution in [0.15, 0.2) is 0 Å².